The van der Waals surface area contributed by atoms with Gasteiger partial charge in [-0.25, -0.2) is 0 Å². The number of rotatable bonds is 3. The van der Waals surface area contributed by atoms with E-state index in [0.717, 1.165) is 23.2 Å². The number of hydrogen-bond acceptors (Lipinski definition) is 3. The highest BCUT2D eigenvalue weighted by Crippen LogP contribution is 2.28. The van der Waals surface area contributed by atoms with Gasteiger partial charge >= 0.3 is 0 Å². The molecule has 1 heterocycles. The number of aryl methyl sites for hydroxylation is 1. The molecule has 2 rings (SSSR count). The Kier molecular flexibility index (Phi) is 3.86. The van der Waals surface area contributed by atoms with Gasteiger partial charge in [-0.05, 0) is 37.1 Å². The molecule has 0 aliphatic carbocycles. The molecule has 1 aliphatic heterocycles. The van der Waals surface area contributed by atoms with Crippen LogP contribution in [0.5, 0.6) is 5.75 Å². The number of amides is 1. The van der Waals surface area contributed by atoms with Crippen LogP contribution in [-0.4, -0.2) is 24.5 Å². The molecule has 0 unspecified atom stereocenters. The number of benzene rings is 1. The van der Waals surface area contributed by atoms with Crippen molar-refractivity contribution in [3.8, 4) is 11.8 Å². The first-order valence-corrected chi connectivity index (χ1v) is 6.21. The minimum absolute atomic E-state index is 0.0415. The van der Waals surface area contributed by atoms with E-state index in [0.29, 0.717) is 12.2 Å². The van der Waals surface area contributed by atoms with Crippen LogP contribution in [0.15, 0.2) is 24.3 Å². The molecule has 4 heteroatoms. The van der Waals surface area contributed by atoms with E-state index < -0.39 is 0 Å². The summed E-state index contributed by atoms with van der Waals surface area (Å²) in [6.45, 7) is 2.02. The molecule has 0 atom stereocenters. The Hall–Kier alpha value is -2.28. The molecule has 1 aliphatic rings. The van der Waals surface area contributed by atoms with E-state index in [2.05, 4.69) is 6.08 Å². The maximum absolute atomic E-state index is 11.7. The lowest BCUT2D eigenvalue weighted by atomic mass is 10.0. The van der Waals surface area contributed by atoms with Gasteiger partial charge < -0.3 is 9.64 Å². The Balaban J connectivity index is 2.29. The van der Waals surface area contributed by atoms with Crippen molar-refractivity contribution in [2.75, 3.05) is 13.7 Å². The minimum atomic E-state index is 0.0415. The summed E-state index contributed by atoms with van der Waals surface area (Å²) in [7, 11) is 1.80. The van der Waals surface area contributed by atoms with Gasteiger partial charge in [0.1, 0.15) is 11.8 Å². The summed E-state index contributed by atoms with van der Waals surface area (Å²) < 4.78 is 5.27. The second kappa shape index (κ2) is 5.57. The number of carbonyl (C=O) groups is 1. The molecular formula is C15H16N2O2. The first kappa shape index (κ1) is 13.2. The molecule has 19 heavy (non-hydrogen) atoms. The summed E-state index contributed by atoms with van der Waals surface area (Å²) in [5.74, 6) is 0.815. The molecule has 0 spiro atoms. The molecule has 0 N–H and O–H groups in total. The predicted molar refractivity (Wildman–Crippen MR) is 72.3 cm³/mol. The lowest BCUT2D eigenvalue weighted by molar-refractivity contribution is -0.127. The number of ether oxygens (including phenoxy) is 1. The van der Waals surface area contributed by atoms with Crippen LogP contribution < -0.4 is 4.74 Å². The van der Waals surface area contributed by atoms with Gasteiger partial charge in [0.2, 0.25) is 5.91 Å². The van der Waals surface area contributed by atoms with Crippen molar-refractivity contribution in [1.29, 1.82) is 5.26 Å². The Morgan fingerprint density at radius 3 is 2.95 bits per heavy atom. The van der Waals surface area contributed by atoms with Crippen LogP contribution in [0.3, 0.4) is 0 Å². The third kappa shape index (κ3) is 2.76. The monoisotopic (exact) mass is 256 g/mol. The van der Waals surface area contributed by atoms with Crippen molar-refractivity contribution >= 4 is 11.6 Å². The Bertz CT molecular complexity index is 570. The van der Waals surface area contributed by atoms with Gasteiger partial charge in [-0.3, -0.25) is 4.79 Å². The zero-order chi connectivity index (χ0) is 13.8. The first-order valence-electron chi connectivity index (χ1n) is 6.21. The molecule has 1 amide bonds. The van der Waals surface area contributed by atoms with Crippen molar-refractivity contribution in [2.24, 2.45) is 0 Å². The van der Waals surface area contributed by atoms with Gasteiger partial charge in [-0.2, -0.15) is 5.26 Å². The minimum Gasteiger partial charge on any atom is -0.479 e. The molecule has 0 saturated carbocycles. The van der Waals surface area contributed by atoms with Gasteiger partial charge in [0.15, 0.2) is 6.61 Å². The topological polar surface area (TPSA) is 53.3 Å². The summed E-state index contributed by atoms with van der Waals surface area (Å²) in [4.78, 5) is 13.4. The Morgan fingerprint density at radius 1 is 1.47 bits per heavy atom. The molecule has 0 aromatic heterocycles. The SMILES string of the molecule is Cc1cc(OCC#N)ccc1C1=CCCC(=O)N1C. The van der Waals surface area contributed by atoms with E-state index in [-0.39, 0.29) is 12.5 Å². The highest BCUT2D eigenvalue weighted by Gasteiger charge is 2.20. The second-order valence-corrected chi connectivity index (χ2v) is 4.50. The number of nitrogens with zero attached hydrogens (tertiary/aromatic N) is 2. The molecule has 0 bridgehead atoms. The molecule has 1 aromatic rings. The fraction of sp³-hybridized carbons (Fsp3) is 0.333. The fourth-order valence-corrected chi connectivity index (χ4v) is 2.19. The van der Waals surface area contributed by atoms with E-state index in [1.807, 2.05) is 31.2 Å². The first-order chi connectivity index (χ1) is 9.13. The molecule has 4 nitrogen and oxygen atoms in total. The van der Waals surface area contributed by atoms with Crippen molar-refractivity contribution in [3.05, 3.63) is 35.4 Å². The number of nitriles is 1. The molecule has 0 saturated heterocycles. The van der Waals surface area contributed by atoms with Gasteiger partial charge in [0.05, 0.1) is 0 Å². The fourth-order valence-electron chi connectivity index (χ4n) is 2.19. The summed E-state index contributed by atoms with van der Waals surface area (Å²) in [6, 6.07) is 7.59. The predicted octanol–water partition coefficient (Wildman–Crippen LogP) is 2.49. The van der Waals surface area contributed by atoms with Crippen LogP contribution in [0.2, 0.25) is 0 Å². The lowest BCUT2D eigenvalue weighted by Gasteiger charge is -2.26. The average Bonchev–Trinajstić information content (AvgIpc) is 2.40. The van der Waals surface area contributed by atoms with Crippen LogP contribution in [0.4, 0.5) is 0 Å². The van der Waals surface area contributed by atoms with E-state index >= 15 is 0 Å². The second-order valence-electron chi connectivity index (χ2n) is 4.50. The highest BCUT2D eigenvalue weighted by molar-refractivity contribution is 5.89. The van der Waals surface area contributed by atoms with Crippen LogP contribution in [0.25, 0.3) is 5.70 Å². The van der Waals surface area contributed by atoms with Crippen molar-refractivity contribution in [2.45, 2.75) is 19.8 Å². The smallest absolute Gasteiger partial charge is 0.227 e. The van der Waals surface area contributed by atoms with Gasteiger partial charge in [-0.1, -0.05) is 6.08 Å². The Labute approximate surface area is 112 Å². The zero-order valence-electron chi connectivity index (χ0n) is 11.1. The van der Waals surface area contributed by atoms with Crippen molar-refractivity contribution < 1.29 is 9.53 Å². The van der Waals surface area contributed by atoms with E-state index in [1.54, 1.807) is 11.9 Å². The summed E-state index contributed by atoms with van der Waals surface area (Å²) >= 11 is 0. The standard InChI is InChI=1S/C15H16N2O2/c1-11-10-12(19-9-8-16)6-7-13(11)14-4-3-5-15(18)17(14)2/h4,6-7,10H,3,5,9H2,1-2H3. The number of carbonyl (C=O) groups excluding carboxylic acids is 1. The largest absolute Gasteiger partial charge is 0.479 e. The van der Waals surface area contributed by atoms with E-state index in [1.165, 1.54) is 0 Å². The van der Waals surface area contributed by atoms with Crippen LogP contribution in [0.1, 0.15) is 24.0 Å². The molecule has 1 aromatic carbocycles. The zero-order valence-corrected chi connectivity index (χ0v) is 11.1. The normalized spacial score (nSPS) is 14.9. The van der Waals surface area contributed by atoms with Gasteiger partial charge in [-0.15, -0.1) is 0 Å². The van der Waals surface area contributed by atoms with Crippen LogP contribution in [-0.2, 0) is 4.79 Å². The van der Waals surface area contributed by atoms with Gasteiger partial charge in [0, 0.05) is 24.7 Å². The molecule has 0 fully saturated rings. The maximum Gasteiger partial charge on any atom is 0.227 e. The van der Waals surface area contributed by atoms with E-state index in [4.69, 9.17) is 10.00 Å². The van der Waals surface area contributed by atoms with Crippen LogP contribution >= 0.6 is 0 Å². The third-order valence-corrected chi connectivity index (χ3v) is 3.21. The third-order valence-electron chi connectivity index (χ3n) is 3.21. The number of allylic oxidation sites excluding steroid dienone is 1. The lowest BCUT2D eigenvalue weighted by Crippen LogP contribution is -2.27. The quantitative estimate of drug-likeness (QED) is 0.834. The van der Waals surface area contributed by atoms with Gasteiger partial charge in [0.25, 0.3) is 0 Å². The van der Waals surface area contributed by atoms with Crippen LogP contribution in [0, 0.1) is 18.3 Å². The molecule has 0 radical (unpaired) electrons. The Morgan fingerprint density at radius 2 is 2.26 bits per heavy atom. The van der Waals surface area contributed by atoms with E-state index in [9.17, 15) is 4.79 Å². The summed E-state index contributed by atoms with van der Waals surface area (Å²) in [6.07, 6.45) is 3.44. The highest BCUT2D eigenvalue weighted by atomic mass is 16.5. The van der Waals surface area contributed by atoms with Crippen molar-refractivity contribution in [3.63, 3.8) is 0 Å². The summed E-state index contributed by atoms with van der Waals surface area (Å²) in [5.41, 5.74) is 3.00. The molecular weight excluding hydrogens is 240 g/mol. The van der Waals surface area contributed by atoms with Crippen molar-refractivity contribution in [1.82, 2.24) is 4.90 Å². The number of hydrogen-bond donors (Lipinski definition) is 0. The average molecular weight is 256 g/mol. The maximum atomic E-state index is 11.7. The molecule has 98 valence electrons. The summed E-state index contributed by atoms with van der Waals surface area (Å²) in [5, 5.41) is 8.49.